The van der Waals surface area contributed by atoms with Crippen molar-refractivity contribution in [1.82, 2.24) is 24.8 Å². The molecular weight excluding hydrogens is 448 g/mol. The van der Waals surface area contributed by atoms with Crippen LogP contribution >= 0.6 is 0 Å². The van der Waals surface area contributed by atoms with Crippen molar-refractivity contribution in [3.05, 3.63) is 60.2 Å². The van der Waals surface area contributed by atoms with Gasteiger partial charge in [0.2, 0.25) is 0 Å². The van der Waals surface area contributed by atoms with E-state index >= 15 is 0 Å². The van der Waals surface area contributed by atoms with E-state index < -0.39 is 9.84 Å². The van der Waals surface area contributed by atoms with E-state index in [4.69, 9.17) is 4.98 Å². The Morgan fingerprint density at radius 2 is 1.74 bits per heavy atom. The largest absolute Gasteiger partial charge is 0.367 e. The number of sulfone groups is 1. The topological polar surface area (TPSA) is 98.0 Å². The van der Waals surface area contributed by atoms with Gasteiger partial charge >= 0.3 is 0 Å². The number of aromatic amines is 2. The van der Waals surface area contributed by atoms with Crippen LogP contribution in [-0.4, -0.2) is 65.2 Å². The van der Waals surface area contributed by atoms with Crippen molar-refractivity contribution in [3.63, 3.8) is 0 Å². The van der Waals surface area contributed by atoms with Crippen LogP contribution in [-0.2, 0) is 22.8 Å². The predicted octanol–water partition coefficient (Wildman–Crippen LogP) is 3.63. The van der Waals surface area contributed by atoms with Gasteiger partial charge in [0.15, 0.2) is 9.84 Å². The van der Waals surface area contributed by atoms with Gasteiger partial charge in [-0.05, 0) is 36.4 Å². The van der Waals surface area contributed by atoms with Gasteiger partial charge in [-0.2, -0.15) is 0 Å². The fourth-order valence-electron chi connectivity index (χ4n) is 4.45. The number of imidazole rings is 2. The van der Waals surface area contributed by atoms with Crippen LogP contribution in [0.25, 0.3) is 22.4 Å². The summed E-state index contributed by atoms with van der Waals surface area (Å²) in [5, 5.41) is 0. The minimum absolute atomic E-state index is 0.0925. The molecular formula is C25H30N6O2S. The Kier molecular flexibility index (Phi) is 6.14. The molecule has 1 aliphatic rings. The van der Waals surface area contributed by atoms with E-state index in [0.717, 1.165) is 73.1 Å². The second kappa shape index (κ2) is 9.23. The molecule has 5 rings (SSSR count). The van der Waals surface area contributed by atoms with Crippen LogP contribution in [0.5, 0.6) is 0 Å². The molecule has 0 radical (unpaired) electrons. The average molecular weight is 479 g/mol. The van der Waals surface area contributed by atoms with Crippen LogP contribution < -0.4 is 4.90 Å². The summed E-state index contributed by atoms with van der Waals surface area (Å²) in [7, 11) is -3.21. The Hall–Kier alpha value is -3.17. The third-order valence-corrected chi connectivity index (χ3v) is 8.23. The minimum Gasteiger partial charge on any atom is -0.367 e. The predicted molar refractivity (Wildman–Crippen MR) is 135 cm³/mol. The number of nitrogens with one attached hydrogen (secondary N) is 2. The number of H-pyrrole nitrogens is 2. The van der Waals surface area contributed by atoms with E-state index in [-0.39, 0.29) is 5.75 Å². The summed E-state index contributed by atoms with van der Waals surface area (Å²) in [6.45, 7) is 8.46. The van der Waals surface area contributed by atoms with Gasteiger partial charge in [-0.25, -0.2) is 18.4 Å². The SMILES string of the molecule is CCc1ncc(CN2CCN(c3cccc4[nH]c(-c5ccc(S(=O)(=O)CC)cc5)nc34)CC2)[nH]1. The lowest BCUT2D eigenvalue weighted by Crippen LogP contribution is -2.46. The van der Waals surface area contributed by atoms with Crippen molar-refractivity contribution in [3.8, 4) is 11.4 Å². The molecule has 0 spiro atoms. The summed E-state index contributed by atoms with van der Waals surface area (Å²) in [4.78, 5) is 21.3. The zero-order chi connectivity index (χ0) is 23.7. The molecule has 2 aromatic heterocycles. The quantitative estimate of drug-likeness (QED) is 0.421. The standard InChI is InChI=1S/C25H30N6O2S/c1-3-23-26-16-19(27-23)17-30-12-14-31(15-13-30)22-7-5-6-21-24(22)29-25(28-21)18-8-10-20(11-9-18)34(32,33)4-2/h5-11,16H,3-4,12-15,17H2,1-2H3,(H,26,27)(H,28,29). The van der Waals surface area contributed by atoms with Crippen molar-refractivity contribution in [2.45, 2.75) is 31.7 Å². The molecule has 0 atom stereocenters. The van der Waals surface area contributed by atoms with Gasteiger partial charge < -0.3 is 14.9 Å². The minimum atomic E-state index is -3.21. The summed E-state index contributed by atoms with van der Waals surface area (Å²) < 4.78 is 24.2. The third kappa shape index (κ3) is 4.45. The number of piperazine rings is 1. The summed E-state index contributed by atoms with van der Waals surface area (Å²) >= 11 is 0. The molecule has 3 heterocycles. The maximum atomic E-state index is 12.1. The highest BCUT2D eigenvalue weighted by atomic mass is 32.2. The molecule has 1 fully saturated rings. The highest BCUT2D eigenvalue weighted by Gasteiger charge is 2.21. The highest BCUT2D eigenvalue weighted by molar-refractivity contribution is 7.91. The Labute approximate surface area is 200 Å². The number of rotatable bonds is 7. The van der Waals surface area contributed by atoms with Gasteiger partial charge in [0.1, 0.15) is 17.2 Å². The normalized spacial score (nSPS) is 15.3. The molecule has 0 unspecified atom stereocenters. The van der Waals surface area contributed by atoms with E-state index in [9.17, 15) is 8.42 Å². The highest BCUT2D eigenvalue weighted by Crippen LogP contribution is 2.29. The van der Waals surface area contributed by atoms with Crippen LogP contribution in [0.2, 0.25) is 0 Å². The Bertz CT molecular complexity index is 1380. The van der Waals surface area contributed by atoms with Crippen LogP contribution in [0.4, 0.5) is 5.69 Å². The number of nitrogens with zero attached hydrogens (tertiary/aromatic N) is 4. The summed E-state index contributed by atoms with van der Waals surface area (Å²) in [5.74, 6) is 1.87. The molecule has 178 valence electrons. The monoisotopic (exact) mass is 478 g/mol. The average Bonchev–Trinajstić information content (AvgIpc) is 3.51. The first kappa shape index (κ1) is 22.6. The van der Waals surface area contributed by atoms with Gasteiger partial charge in [0.05, 0.1) is 21.9 Å². The van der Waals surface area contributed by atoms with Gasteiger partial charge in [-0.3, -0.25) is 4.90 Å². The number of fused-ring (bicyclic) bond motifs is 1. The zero-order valence-corrected chi connectivity index (χ0v) is 20.4. The van der Waals surface area contributed by atoms with Crippen LogP contribution in [0.3, 0.4) is 0 Å². The van der Waals surface area contributed by atoms with Crippen molar-refractivity contribution < 1.29 is 8.42 Å². The lowest BCUT2D eigenvalue weighted by molar-refractivity contribution is 0.247. The van der Waals surface area contributed by atoms with E-state index in [0.29, 0.717) is 4.90 Å². The molecule has 1 saturated heterocycles. The molecule has 4 aromatic rings. The number of hydrogen-bond acceptors (Lipinski definition) is 6. The van der Waals surface area contributed by atoms with Crippen LogP contribution in [0.15, 0.2) is 53.6 Å². The van der Waals surface area contributed by atoms with Crippen LogP contribution in [0, 0.1) is 0 Å². The molecule has 0 aliphatic carbocycles. The molecule has 1 aliphatic heterocycles. The third-order valence-electron chi connectivity index (χ3n) is 6.48. The fourth-order valence-corrected chi connectivity index (χ4v) is 5.33. The molecule has 0 amide bonds. The Balaban J connectivity index is 1.32. The smallest absolute Gasteiger partial charge is 0.178 e. The first-order valence-electron chi connectivity index (χ1n) is 11.8. The second-order valence-corrected chi connectivity index (χ2v) is 10.9. The number of benzene rings is 2. The van der Waals surface area contributed by atoms with Gasteiger partial charge in [0, 0.05) is 56.6 Å². The lowest BCUT2D eigenvalue weighted by atomic mass is 10.2. The number of hydrogen-bond donors (Lipinski definition) is 2. The zero-order valence-electron chi connectivity index (χ0n) is 19.6. The molecule has 34 heavy (non-hydrogen) atoms. The molecule has 9 heteroatoms. The van der Waals surface area contributed by atoms with E-state index in [1.807, 2.05) is 24.4 Å². The maximum absolute atomic E-state index is 12.1. The molecule has 2 aromatic carbocycles. The summed E-state index contributed by atoms with van der Waals surface area (Å²) in [6.07, 6.45) is 2.87. The van der Waals surface area contributed by atoms with Crippen molar-refractivity contribution >= 4 is 26.6 Å². The summed E-state index contributed by atoms with van der Waals surface area (Å²) in [5.41, 5.74) is 5.08. The lowest BCUT2D eigenvalue weighted by Gasteiger charge is -2.35. The van der Waals surface area contributed by atoms with Crippen LogP contribution in [0.1, 0.15) is 25.4 Å². The number of anilines is 1. The molecule has 0 bridgehead atoms. The second-order valence-electron chi connectivity index (χ2n) is 8.66. The first-order chi connectivity index (χ1) is 16.5. The maximum Gasteiger partial charge on any atom is 0.178 e. The van der Waals surface area contributed by atoms with E-state index in [1.54, 1.807) is 19.1 Å². The Morgan fingerprint density at radius 3 is 2.41 bits per heavy atom. The van der Waals surface area contributed by atoms with Crippen molar-refractivity contribution in [2.24, 2.45) is 0 Å². The molecule has 0 saturated carbocycles. The summed E-state index contributed by atoms with van der Waals surface area (Å²) in [6, 6.07) is 13.2. The first-order valence-corrected chi connectivity index (χ1v) is 13.4. The number of para-hydroxylation sites is 1. The number of aryl methyl sites for hydroxylation is 1. The number of aromatic nitrogens is 4. The van der Waals surface area contributed by atoms with E-state index in [1.165, 1.54) is 5.69 Å². The molecule has 2 N–H and O–H groups in total. The van der Waals surface area contributed by atoms with E-state index in [2.05, 4.69) is 43.8 Å². The fraction of sp³-hybridized carbons (Fsp3) is 0.360. The molecule has 8 nitrogen and oxygen atoms in total. The van der Waals surface area contributed by atoms with Gasteiger partial charge in [0.25, 0.3) is 0 Å². The van der Waals surface area contributed by atoms with Gasteiger partial charge in [-0.1, -0.05) is 19.9 Å². The Morgan fingerprint density at radius 1 is 0.971 bits per heavy atom. The van der Waals surface area contributed by atoms with Crippen molar-refractivity contribution in [2.75, 3.05) is 36.8 Å². The van der Waals surface area contributed by atoms with Crippen molar-refractivity contribution in [1.29, 1.82) is 0 Å². The van der Waals surface area contributed by atoms with Gasteiger partial charge in [-0.15, -0.1) is 0 Å².